The number of nitrogens with zero attached hydrogens (tertiary/aromatic N) is 1. The van der Waals surface area contributed by atoms with Crippen LogP contribution in [0, 0.1) is 17.1 Å². The monoisotopic (exact) mass is 587 g/mol. The Morgan fingerprint density at radius 3 is 2.51 bits per heavy atom. The molecule has 0 spiro atoms. The van der Waals surface area contributed by atoms with Gasteiger partial charge in [-0.1, -0.05) is 17.7 Å². The first-order chi connectivity index (χ1) is 16.4. The Labute approximate surface area is 211 Å². The number of benzene rings is 3. The molecule has 3 N–H and O–H groups in total. The Morgan fingerprint density at radius 1 is 1.20 bits per heavy atom. The lowest BCUT2D eigenvalue weighted by Crippen LogP contribution is -2.16. The van der Waals surface area contributed by atoms with Crippen LogP contribution in [0.15, 0.2) is 57.9 Å². The molecule has 13 heteroatoms. The van der Waals surface area contributed by atoms with Crippen molar-refractivity contribution < 1.29 is 31.1 Å². The van der Waals surface area contributed by atoms with Gasteiger partial charge in [0.2, 0.25) is 15.9 Å². The third kappa shape index (κ3) is 6.52. The number of halogens is 5. The number of rotatable bonds is 7. The van der Waals surface area contributed by atoms with Gasteiger partial charge in [-0.05, 0) is 58.4 Å². The van der Waals surface area contributed by atoms with Gasteiger partial charge in [0.1, 0.15) is 5.75 Å². The Kier molecular flexibility index (Phi) is 8.07. The average molecular weight is 589 g/mol. The van der Waals surface area contributed by atoms with Crippen molar-refractivity contribution in [3.8, 4) is 17.6 Å². The van der Waals surface area contributed by atoms with Crippen molar-refractivity contribution in [2.45, 2.75) is 17.7 Å². The van der Waals surface area contributed by atoms with E-state index >= 15 is 4.39 Å². The summed E-state index contributed by atoms with van der Waals surface area (Å²) in [4.78, 5) is 12.2. The fourth-order valence-corrected chi connectivity index (χ4v) is 4.15. The summed E-state index contributed by atoms with van der Waals surface area (Å²) in [6.07, 6.45) is -3.34. The van der Waals surface area contributed by atoms with Crippen LogP contribution in [0.2, 0.25) is 5.02 Å². The largest absolute Gasteiger partial charge is 0.453 e. The predicted octanol–water partition coefficient (Wildman–Crippen LogP) is 5.67. The standard InChI is InChI=1S/C22H14BrClF3N3O4S/c23-16-3-1-12(8-19(31)30-18-4-2-15(9-17(18)24)35(29,32)33)20(25)21(16)34-14-6-11(10-28)5-13(7-14)22(26)27/h1-7,9,22H,8H2,(H,30,31)(H2,29,32,33). The first-order valence-corrected chi connectivity index (χ1v) is 12.2. The number of anilines is 1. The third-order valence-electron chi connectivity index (χ3n) is 4.55. The molecule has 0 aliphatic heterocycles. The Bertz CT molecular complexity index is 1460. The molecule has 0 bridgehead atoms. The minimum absolute atomic E-state index is 0.0749. The fourth-order valence-electron chi connectivity index (χ4n) is 2.93. The van der Waals surface area contributed by atoms with Gasteiger partial charge in [0.25, 0.3) is 6.43 Å². The molecule has 3 aromatic carbocycles. The summed E-state index contributed by atoms with van der Waals surface area (Å²) in [5.74, 6) is -2.19. The zero-order valence-corrected chi connectivity index (χ0v) is 20.5. The zero-order chi connectivity index (χ0) is 25.9. The van der Waals surface area contributed by atoms with Crippen molar-refractivity contribution in [3.05, 3.63) is 80.5 Å². The maximum atomic E-state index is 15.2. The van der Waals surface area contributed by atoms with Crippen LogP contribution in [0.5, 0.6) is 11.5 Å². The topological polar surface area (TPSA) is 122 Å². The van der Waals surface area contributed by atoms with Crippen LogP contribution in [0.25, 0.3) is 0 Å². The van der Waals surface area contributed by atoms with Crippen LogP contribution in [-0.4, -0.2) is 14.3 Å². The van der Waals surface area contributed by atoms with Gasteiger partial charge in [-0.3, -0.25) is 4.79 Å². The molecule has 0 radical (unpaired) electrons. The molecule has 0 saturated carbocycles. The Balaban J connectivity index is 1.84. The number of hydrogen-bond acceptors (Lipinski definition) is 5. The van der Waals surface area contributed by atoms with E-state index in [0.29, 0.717) is 0 Å². The fraction of sp³-hybridized carbons (Fsp3) is 0.0909. The minimum atomic E-state index is -4.00. The molecular weight excluding hydrogens is 575 g/mol. The van der Waals surface area contributed by atoms with E-state index in [-0.39, 0.29) is 42.7 Å². The molecular formula is C22H14BrClF3N3O4S. The number of carbonyl (C=O) groups is 1. The highest BCUT2D eigenvalue weighted by atomic mass is 79.9. The van der Waals surface area contributed by atoms with Crippen LogP contribution in [0.1, 0.15) is 23.1 Å². The lowest BCUT2D eigenvalue weighted by Gasteiger charge is -2.14. The van der Waals surface area contributed by atoms with E-state index < -0.39 is 40.2 Å². The molecule has 1 amide bonds. The van der Waals surface area contributed by atoms with Gasteiger partial charge in [-0.15, -0.1) is 0 Å². The number of alkyl halides is 2. The molecule has 35 heavy (non-hydrogen) atoms. The molecule has 0 heterocycles. The van der Waals surface area contributed by atoms with Crippen molar-refractivity contribution in [1.29, 1.82) is 5.26 Å². The molecule has 3 rings (SSSR count). The second kappa shape index (κ2) is 10.7. The van der Waals surface area contributed by atoms with Gasteiger partial charge < -0.3 is 10.1 Å². The van der Waals surface area contributed by atoms with Crippen LogP contribution in [0.3, 0.4) is 0 Å². The summed E-state index contributed by atoms with van der Waals surface area (Å²) in [7, 11) is -4.00. The molecule has 3 aromatic rings. The van der Waals surface area contributed by atoms with E-state index in [9.17, 15) is 22.0 Å². The normalized spacial score (nSPS) is 11.3. The molecule has 0 aliphatic carbocycles. The van der Waals surface area contributed by atoms with E-state index in [2.05, 4.69) is 21.2 Å². The first-order valence-electron chi connectivity index (χ1n) is 9.49. The number of nitrogens with one attached hydrogen (secondary N) is 1. The summed E-state index contributed by atoms with van der Waals surface area (Å²) in [5.41, 5.74) is -0.596. The number of amides is 1. The van der Waals surface area contributed by atoms with Crippen molar-refractivity contribution >= 4 is 49.1 Å². The van der Waals surface area contributed by atoms with Crippen LogP contribution in [0.4, 0.5) is 18.9 Å². The zero-order valence-electron chi connectivity index (χ0n) is 17.4. The van der Waals surface area contributed by atoms with E-state index in [4.69, 9.17) is 26.7 Å². The SMILES string of the molecule is N#Cc1cc(Oc2c(Br)ccc(CC(=O)Nc3ccc(S(N)(=O)=O)cc3Cl)c2F)cc(C(F)F)c1. The first kappa shape index (κ1) is 26.5. The maximum Gasteiger partial charge on any atom is 0.264 e. The maximum absolute atomic E-state index is 15.2. The number of ether oxygens (including phenoxy) is 1. The van der Waals surface area contributed by atoms with Crippen molar-refractivity contribution in [2.24, 2.45) is 5.14 Å². The number of nitrogens with two attached hydrogens (primary N) is 1. The van der Waals surface area contributed by atoms with Crippen molar-refractivity contribution in [2.75, 3.05) is 5.32 Å². The number of hydrogen-bond donors (Lipinski definition) is 2. The number of carbonyl (C=O) groups excluding carboxylic acids is 1. The highest BCUT2D eigenvalue weighted by Gasteiger charge is 2.19. The second-order valence-electron chi connectivity index (χ2n) is 7.07. The molecule has 7 nitrogen and oxygen atoms in total. The number of sulfonamides is 1. The second-order valence-corrected chi connectivity index (χ2v) is 9.89. The third-order valence-corrected chi connectivity index (χ3v) is 6.40. The van der Waals surface area contributed by atoms with E-state index in [0.717, 1.165) is 24.3 Å². The Hall–Kier alpha value is -3.11. The van der Waals surface area contributed by atoms with Gasteiger partial charge in [-0.25, -0.2) is 26.7 Å². The summed E-state index contributed by atoms with van der Waals surface area (Å²) >= 11 is 9.12. The summed E-state index contributed by atoms with van der Waals surface area (Å²) in [6, 6.07) is 11.0. The molecule has 0 saturated heterocycles. The van der Waals surface area contributed by atoms with Gasteiger partial charge in [0.05, 0.1) is 38.1 Å². The number of nitriles is 1. The highest BCUT2D eigenvalue weighted by molar-refractivity contribution is 9.10. The van der Waals surface area contributed by atoms with Crippen LogP contribution >= 0.6 is 27.5 Å². The molecule has 0 aromatic heterocycles. The van der Waals surface area contributed by atoms with Gasteiger partial charge in [-0.2, -0.15) is 5.26 Å². The van der Waals surface area contributed by atoms with Crippen LogP contribution < -0.4 is 15.2 Å². The average Bonchev–Trinajstić information content (AvgIpc) is 2.79. The molecule has 0 atom stereocenters. The Morgan fingerprint density at radius 2 is 1.91 bits per heavy atom. The molecule has 182 valence electrons. The molecule has 0 aliphatic rings. The van der Waals surface area contributed by atoms with Crippen LogP contribution in [-0.2, 0) is 21.2 Å². The van der Waals surface area contributed by atoms with E-state index in [1.165, 1.54) is 24.3 Å². The lowest BCUT2D eigenvalue weighted by atomic mass is 10.1. The summed E-state index contributed by atoms with van der Waals surface area (Å²) < 4.78 is 69.8. The lowest BCUT2D eigenvalue weighted by molar-refractivity contribution is -0.115. The van der Waals surface area contributed by atoms with Gasteiger partial charge >= 0.3 is 0 Å². The minimum Gasteiger partial charge on any atom is -0.453 e. The smallest absolute Gasteiger partial charge is 0.264 e. The summed E-state index contributed by atoms with van der Waals surface area (Å²) in [5, 5.41) is 16.4. The number of primary sulfonamides is 1. The van der Waals surface area contributed by atoms with Crippen molar-refractivity contribution in [3.63, 3.8) is 0 Å². The summed E-state index contributed by atoms with van der Waals surface area (Å²) in [6.45, 7) is 0. The predicted molar refractivity (Wildman–Crippen MR) is 125 cm³/mol. The van der Waals surface area contributed by atoms with E-state index in [1.54, 1.807) is 6.07 Å². The molecule has 0 unspecified atom stereocenters. The van der Waals surface area contributed by atoms with Crippen molar-refractivity contribution in [1.82, 2.24) is 0 Å². The van der Waals surface area contributed by atoms with Gasteiger partial charge in [0.15, 0.2) is 11.6 Å². The quantitative estimate of drug-likeness (QED) is 0.368. The van der Waals surface area contributed by atoms with Gasteiger partial charge in [0, 0.05) is 11.1 Å². The van der Waals surface area contributed by atoms with E-state index in [1.807, 2.05) is 0 Å². The molecule has 0 fully saturated rings. The highest BCUT2D eigenvalue weighted by Crippen LogP contribution is 2.36.